The molecule has 3 rings (SSSR count). The summed E-state index contributed by atoms with van der Waals surface area (Å²) in [6.07, 6.45) is 0. The number of carbonyl (C=O) groups is 2. The van der Waals surface area contributed by atoms with Gasteiger partial charge in [-0.3, -0.25) is 0 Å². The summed E-state index contributed by atoms with van der Waals surface area (Å²) < 4.78 is 22.4. The summed E-state index contributed by atoms with van der Waals surface area (Å²) >= 11 is 0. The first-order valence-corrected chi connectivity index (χ1v) is 13.3. The lowest BCUT2D eigenvalue weighted by molar-refractivity contribution is -0.158. The monoisotopic (exact) mass is 523 g/mol. The largest absolute Gasteiger partial charge is 0.478 e. The topological polar surface area (TPSA) is 71.1 Å². The van der Waals surface area contributed by atoms with E-state index in [1.165, 1.54) is 0 Å². The van der Waals surface area contributed by atoms with Gasteiger partial charge in [0.25, 0.3) is 0 Å². The van der Waals surface area contributed by atoms with Gasteiger partial charge in [-0.1, -0.05) is 36.4 Å². The Hall–Kier alpha value is -3.45. The normalized spacial score (nSPS) is 11.6. The van der Waals surface area contributed by atoms with Gasteiger partial charge in [0.2, 0.25) is 0 Å². The molecule has 0 spiro atoms. The van der Waals surface area contributed by atoms with Crippen molar-refractivity contribution in [2.75, 3.05) is 13.2 Å². The lowest BCUT2D eigenvalue weighted by atomic mass is 10.2. The summed E-state index contributed by atoms with van der Waals surface area (Å²) in [7, 11) is -0.433. The lowest BCUT2D eigenvalue weighted by Gasteiger charge is -2.21. The third-order valence-electron chi connectivity index (χ3n) is 4.64. The molecule has 0 aliphatic rings. The van der Waals surface area contributed by atoms with E-state index < -0.39 is 34.0 Å². The molecule has 0 heterocycles. The van der Waals surface area contributed by atoms with E-state index >= 15 is 0 Å². The van der Waals surface area contributed by atoms with Crippen molar-refractivity contribution in [3.63, 3.8) is 0 Å². The molecular formula is C30H35O6S+. The van der Waals surface area contributed by atoms with Crippen LogP contribution in [-0.4, -0.2) is 36.4 Å². The summed E-state index contributed by atoms with van der Waals surface area (Å²) in [6.45, 7) is 10.2. The molecule has 0 aliphatic heterocycles. The Labute approximate surface area is 222 Å². The molecule has 0 unspecified atom stereocenters. The summed E-state index contributed by atoms with van der Waals surface area (Å²) in [5.74, 6) is -0.316. The molecule has 0 aromatic heterocycles. The number of ether oxygens (including phenoxy) is 4. The number of carbonyl (C=O) groups excluding carboxylic acids is 2. The molecule has 0 atom stereocenters. The molecule has 7 heteroatoms. The molecule has 0 saturated carbocycles. The van der Waals surface area contributed by atoms with Crippen LogP contribution in [0.5, 0.6) is 11.5 Å². The molecule has 0 radical (unpaired) electrons. The number of esters is 2. The van der Waals surface area contributed by atoms with Crippen molar-refractivity contribution in [3.05, 3.63) is 78.9 Å². The Morgan fingerprint density at radius 2 is 1.03 bits per heavy atom. The minimum atomic E-state index is -0.633. The van der Waals surface area contributed by atoms with Gasteiger partial charge in [0.15, 0.2) is 39.4 Å². The third-order valence-corrected chi connectivity index (χ3v) is 6.85. The lowest BCUT2D eigenvalue weighted by Crippen LogP contribution is -2.28. The highest BCUT2D eigenvalue weighted by molar-refractivity contribution is 7.97. The van der Waals surface area contributed by atoms with Crippen LogP contribution in [0.1, 0.15) is 41.5 Å². The van der Waals surface area contributed by atoms with Crippen LogP contribution >= 0.6 is 0 Å². The van der Waals surface area contributed by atoms with Crippen LogP contribution in [0.2, 0.25) is 0 Å². The van der Waals surface area contributed by atoms with Gasteiger partial charge >= 0.3 is 11.9 Å². The van der Waals surface area contributed by atoms with E-state index in [0.29, 0.717) is 11.5 Å². The molecular weight excluding hydrogens is 488 g/mol. The van der Waals surface area contributed by atoms with E-state index in [2.05, 4.69) is 24.3 Å². The zero-order chi connectivity index (χ0) is 27.1. The zero-order valence-corrected chi connectivity index (χ0v) is 23.1. The molecule has 0 saturated heterocycles. The van der Waals surface area contributed by atoms with E-state index in [9.17, 15) is 9.59 Å². The molecule has 37 heavy (non-hydrogen) atoms. The fourth-order valence-electron chi connectivity index (χ4n) is 3.38. The quantitative estimate of drug-likeness (QED) is 0.245. The van der Waals surface area contributed by atoms with Crippen molar-refractivity contribution in [1.29, 1.82) is 0 Å². The van der Waals surface area contributed by atoms with E-state index in [1.807, 2.05) is 48.5 Å². The van der Waals surface area contributed by atoms with Crippen LogP contribution in [-0.2, 0) is 30.0 Å². The van der Waals surface area contributed by atoms with Crippen LogP contribution < -0.4 is 9.47 Å². The summed E-state index contributed by atoms with van der Waals surface area (Å²) in [5.41, 5.74) is -1.26. The standard InChI is InChI=1S/C30H35O6S/c1-29(2,3)35-27(31)20-33-25-18-17-24(19-26(25)34-21-28(32)36-30(4,5)6)37(22-13-9-7-10-14-22)23-15-11-8-12-16-23/h7-19H,20-21H2,1-6H3/q+1. The predicted octanol–water partition coefficient (Wildman–Crippen LogP) is 6.22. The van der Waals surface area contributed by atoms with Gasteiger partial charge in [-0.25, -0.2) is 9.59 Å². The first-order chi connectivity index (χ1) is 17.4. The summed E-state index contributed by atoms with van der Waals surface area (Å²) in [4.78, 5) is 27.9. The number of benzene rings is 3. The average Bonchev–Trinajstić information content (AvgIpc) is 2.81. The van der Waals surface area contributed by atoms with E-state index in [4.69, 9.17) is 18.9 Å². The minimum Gasteiger partial charge on any atom is -0.478 e. The molecule has 3 aromatic carbocycles. The van der Waals surface area contributed by atoms with Crippen molar-refractivity contribution >= 4 is 22.8 Å². The Morgan fingerprint density at radius 1 is 0.595 bits per heavy atom. The maximum Gasteiger partial charge on any atom is 0.344 e. The summed E-state index contributed by atoms with van der Waals surface area (Å²) in [6, 6.07) is 25.9. The Balaban J connectivity index is 1.94. The summed E-state index contributed by atoms with van der Waals surface area (Å²) in [5, 5.41) is 0. The SMILES string of the molecule is CC(C)(C)OC(=O)COc1ccc([S+](c2ccccc2)c2ccccc2)cc1OCC(=O)OC(C)(C)C. The first kappa shape index (κ1) is 28.1. The number of rotatable bonds is 9. The average molecular weight is 524 g/mol. The van der Waals surface area contributed by atoms with Gasteiger partial charge < -0.3 is 18.9 Å². The Bertz CT molecular complexity index is 1140. The van der Waals surface area contributed by atoms with Crippen molar-refractivity contribution in [2.24, 2.45) is 0 Å². The van der Waals surface area contributed by atoms with Crippen LogP contribution in [0.25, 0.3) is 0 Å². The van der Waals surface area contributed by atoms with Gasteiger partial charge in [-0.2, -0.15) is 0 Å². The highest BCUT2D eigenvalue weighted by Gasteiger charge is 2.30. The fourth-order valence-corrected chi connectivity index (χ4v) is 5.49. The molecule has 0 amide bonds. The fraction of sp³-hybridized carbons (Fsp3) is 0.333. The van der Waals surface area contributed by atoms with Crippen molar-refractivity contribution in [2.45, 2.75) is 67.4 Å². The van der Waals surface area contributed by atoms with Crippen LogP contribution in [0, 0.1) is 0 Å². The minimum absolute atomic E-state index is 0.289. The Kier molecular flexibility index (Phi) is 9.27. The van der Waals surface area contributed by atoms with Crippen molar-refractivity contribution in [1.82, 2.24) is 0 Å². The van der Waals surface area contributed by atoms with Gasteiger partial charge in [0.05, 0.1) is 10.9 Å². The second-order valence-corrected chi connectivity index (χ2v) is 12.3. The molecule has 0 fully saturated rings. The van der Waals surface area contributed by atoms with Gasteiger partial charge in [-0.05, 0) is 77.9 Å². The smallest absolute Gasteiger partial charge is 0.344 e. The first-order valence-electron chi connectivity index (χ1n) is 12.1. The zero-order valence-electron chi connectivity index (χ0n) is 22.3. The maximum absolute atomic E-state index is 12.4. The molecule has 0 N–H and O–H groups in total. The molecule has 6 nitrogen and oxygen atoms in total. The second kappa shape index (κ2) is 12.2. The number of hydrogen-bond donors (Lipinski definition) is 0. The molecule has 196 valence electrons. The highest BCUT2D eigenvalue weighted by atomic mass is 32.2. The van der Waals surface area contributed by atoms with Crippen LogP contribution in [0.15, 0.2) is 93.5 Å². The Morgan fingerprint density at radius 3 is 1.46 bits per heavy atom. The predicted molar refractivity (Wildman–Crippen MR) is 144 cm³/mol. The van der Waals surface area contributed by atoms with Crippen molar-refractivity contribution in [3.8, 4) is 11.5 Å². The second-order valence-electron chi connectivity index (χ2n) is 10.3. The van der Waals surface area contributed by atoms with E-state index in [-0.39, 0.29) is 13.2 Å². The highest BCUT2D eigenvalue weighted by Crippen LogP contribution is 2.37. The number of hydrogen-bond acceptors (Lipinski definition) is 6. The van der Waals surface area contributed by atoms with Crippen LogP contribution in [0.4, 0.5) is 0 Å². The van der Waals surface area contributed by atoms with Gasteiger partial charge in [0, 0.05) is 6.07 Å². The van der Waals surface area contributed by atoms with E-state index in [1.54, 1.807) is 47.6 Å². The molecule has 3 aromatic rings. The van der Waals surface area contributed by atoms with Gasteiger partial charge in [-0.15, -0.1) is 0 Å². The van der Waals surface area contributed by atoms with Crippen LogP contribution in [0.3, 0.4) is 0 Å². The molecule has 0 aliphatic carbocycles. The third kappa shape index (κ3) is 9.17. The van der Waals surface area contributed by atoms with E-state index in [0.717, 1.165) is 14.7 Å². The van der Waals surface area contributed by atoms with Crippen molar-refractivity contribution < 1.29 is 28.5 Å². The van der Waals surface area contributed by atoms with Gasteiger partial charge in [0.1, 0.15) is 11.2 Å². The maximum atomic E-state index is 12.4. The molecule has 0 bridgehead atoms.